The first-order chi connectivity index (χ1) is 7.84. The molecule has 0 heterocycles. The van der Waals surface area contributed by atoms with Crippen LogP contribution < -0.4 is 5.32 Å². The van der Waals surface area contributed by atoms with E-state index in [9.17, 15) is 0 Å². The summed E-state index contributed by atoms with van der Waals surface area (Å²) in [5.74, 6) is 1.46. The summed E-state index contributed by atoms with van der Waals surface area (Å²) in [7, 11) is 1.81. The van der Waals surface area contributed by atoms with E-state index in [0.717, 1.165) is 24.8 Å². The first kappa shape index (κ1) is 16.9. The number of nitrogens with one attached hydrogen (secondary N) is 1. The van der Waals surface area contributed by atoms with Crippen LogP contribution in [0.3, 0.4) is 0 Å². The van der Waals surface area contributed by atoms with Crippen LogP contribution in [-0.2, 0) is 4.74 Å². The Morgan fingerprint density at radius 1 is 1.18 bits per heavy atom. The van der Waals surface area contributed by atoms with Crippen molar-refractivity contribution in [1.29, 1.82) is 0 Å². The van der Waals surface area contributed by atoms with Gasteiger partial charge in [-0.3, -0.25) is 0 Å². The van der Waals surface area contributed by atoms with Gasteiger partial charge in [0.2, 0.25) is 0 Å². The van der Waals surface area contributed by atoms with E-state index in [-0.39, 0.29) is 5.60 Å². The van der Waals surface area contributed by atoms with E-state index in [1.54, 1.807) is 0 Å². The fourth-order valence-corrected chi connectivity index (χ4v) is 2.30. The second-order valence-corrected chi connectivity index (χ2v) is 6.15. The third-order valence-electron chi connectivity index (χ3n) is 3.85. The quantitative estimate of drug-likeness (QED) is 0.664. The van der Waals surface area contributed by atoms with Gasteiger partial charge in [-0.15, -0.1) is 0 Å². The van der Waals surface area contributed by atoms with Crippen LogP contribution in [0.25, 0.3) is 0 Å². The van der Waals surface area contributed by atoms with Gasteiger partial charge in [-0.25, -0.2) is 0 Å². The molecule has 0 saturated carbocycles. The molecule has 0 amide bonds. The molecule has 1 N–H and O–H groups in total. The molecule has 0 radical (unpaired) electrons. The van der Waals surface area contributed by atoms with E-state index >= 15 is 0 Å². The molecule has 0 rings (SSSR count). The van der Waals surface area contributed by atoms with Gasteiger partial charge in [0, 0.05) is 13.2 Å². The zero-order valence-electron chi connectivity index (χ0n) is 13.0. The molecule has 0 aliphatic carbocycles. The topological polar surface area (TPSA) is 21.3 Å². The average molecular weight is 243 g/mol. The van der Waals surface area contributed by atoms with E-state index in [0.29, 0.717) is 6.04 Å². The zero-order valence-corrected chi connectivity index (χ0v) is 13.0. The Labute approximate surface area is 109 Å². The minimum Gasteiger partial charge on any atom is -0.379 e. The summed E-state index contributed by atoms with van der Waals surface area (Å²) in [5, 5.41) is 3.63. The van der Waals surface area contributed by atoms with Crippen LogP contribution in [0.5, 0.6) is 0 Å². The molecule has 0 fully saturated rings. The highest BCUT2D eigenvalue weighted by atomic mass is 16.5. The van der Waals surface area contributed by atoms with Crippen LogP contribution in [0.2, 0.25) is 0 Å². The Morgan fingerprint density at radius 2 is 1.76 bits per heavy atom. The van der Waals surface area contributed by atoms with Crippen LogP contribution in [-0.4, -0.2) is 25.3 Å². The lowest BCUT2D eigenvalue weighted by molar-refractivity contribution is 0.00730. The van der Waals surface area contributed by atoms with Gasteiger partial charge < -0.3 is 10.1 Å². The lowest BCUT2D eigenvalue weighted by atomic mass is 9.82. The zero-order chi connectivity index (χ0) is 13.5. The van der Waals surface area contributed by atoms with Crippen molar-refractivity contribution in [2.75, 3.05) is 13.7 Å². The Bertz CT molecular complexity index is 189. The van der Waals surface area contributed by atoms with Gasteiger partial charge in [-0.05, 0) is 58.4 Å². The highest BCUT2D eigenvalue weighted by Crippen LogP contribution is 2.26. The summed E-state index contributed by atoms with van der Waals surface area (Å²) in [6.45, 7) is 14.7. The van der Waals surface area contributed by atoms with Crippen molar-refractivity contribution in [3.63, 3.8) is 0 Å². The fraction of sp³-hybridized carbons (Fsp3) is 1.00. The maximum absolute atomic E-state index is 5.51. The molecule has 104 valence electrons. The minimum atomic E-state index is 0.0115. The van der Waals surface area contributed by atoms with Gasteiger partial charge in [-0.1, -0.05) is 20.8 Å². The third kappa shape index (κ3) is 7.05. The lowest BCUT2D eigenvalue weighted by Gasteiger charge is -2.32. The molecule has 0 spiro atoms. The molecule has 0 aliphatic rings. The highest BCUT2D eigenvalue weighted by Gasteiger charge is 2.24. The van der Waals surface area contributed by atoms with Gasteiger partial charge in [0.25, 0.3) is 0 Å². The number of hydrogen-bond acceptors (Lipinski definition) is 2. The molecule has 17 heavy (non-hydrogen) atoms. The Kier molecular flexibility index (Phi) is 8.06. The van der Waals surface area contributed by atoms with Crippen molar-refractivity contribution in [2.45, 2.75) is 72.4 Å². The molecule has 0 aliphatic heterocycles. The van der Waals surface area contributed by atoms with Crippen molar-refractivity contribution < 1.29 is 4.74 Å². The number of ether oxygens (including phenoxy) is 1. The predicted octanol–water partition coefficient (Wildman–Crippen LogP) is 3.85. The molecule has 0 bridgehead atoms. The summed E-state index contributed by atoms with van der Waals surface area (Å²) < 4.78 is 5.51. The van der Waals surface area contributed by atoms with Gasteiger partial charge in [-0.2, -0.15) is 0 Å². The van der Waals surface area contributed by atoms with E-state index in [2.05, 4.69) is 46.9 Å². The standard InChI is InChI=1S/C15H33NO/c1-8-11-16-13(4)14(12(2)3)9-10-15(5,6)17-7/h12-14,16H,8-11H2,1-7H3. The monoisotopic (exact) mass is 243 g/mol. The normalized spacial score (nSPS) is 16.2. The SMILES string of the molecule is CCCNC(C)C(CCC(C)(C)OC)C(C)C. The van der Waals surface area contributed by atoms with Crippen molar-refractivity contribution in [1.82, 2.24) is 5.32 Å². The van der Waals surface area contributed by atoms with Gasteiger partial charge in [0.1, 0.15) is 0 Å². The number of methoxy groups -OCH3 is 1. The Balaban J connectivity index is 4.24. The van der Waals surface area contributed by atoms with Gasteiger partial charge >= 0.3 is 0 Å². The largest absolute Gasteiger partial charge is 0.379 e. The van der Waals surface area contributed by atoms with Crippen molar-refractivity contribution >= 4 is 0 Å². The van der Waals surface area contributed by atoms with Crippen LogP contribution in [0.4, 0.5) is 0 Å². The smallest absolute Gasteiger partial charge is 0.0622 e. The first-order valence-corrected chi connectivity index (χ1v) is 7.12. The second-order valence-electron chi connectivity index (χ2n) is 6.15. The summed E-state index contributed by atoms with van der Waals surface area (Å²) in [5.41, 5.74) is 0.0115. The number of rotatable bonds is 9. The molecule has 0 aromatic heterocycles. The molecule has 2 unspecified atom stereocenters. The second kappa shape index (κ2) is 8.10. The van der Waals surface area contributed by atoms with Crippen molar-refractivity contribution in [3.8, 4) is 0 Å². The van der Waals surface area contributed by atoms with E-state index < -0.39 is 0 Å². The number of hydrogen-bond donors (Lipinski definition) is 1. The summed E-state index contributed by atoms with van der Waals surface area (Å²) in [4.78, 5) is 0. The third-order valence-corrected chi connectivity index (χ3v) is 3.85. The fourth-order valence-electron chi connectivity index (χ4n) is 2.30. The van der Waals surface area contributed by atoms with Crippen LogP contribution in [0.15, 0.2) is 0 Å². The molecule has 2 atom stereocenters. The highest BCUT2D eigenvalue weighted by molar-refractivity contribution is 4.78. The maximum atomic E-state index is 5.51. The Morgan fingerprint density at radius 3 is 2.18 bits per heavy atom. The first-order valence-electron chi connectivity index (χ1n) is 7.12. The predicted molar refractivity (Wildman–Crippen MR) is 76.4 cm³/mol. The summed E-state index contributed by atoms with van der Waals surface area (Å²) >= 11 is 0. The molecule has 0 aromatic rings. The Hall–Kier alpha value is -0.0800. The van der Waals surface area contributed by atoms with Crippen molar-refractivity contribution in [2.24, 2.45) is 11.8 Å². The molecular formula is C15H33NO. The molecule has 2 nitrogen and oxygen atoms in total. The molecule has 2 heteroatoms. The van der Waals surface area contributed by atoms with Crippen LogP contribution in [0.1, 0.15) is 60.8 Å². The molecule has 0 saturated heterocycles. The van der Waals surface area contributed by atoms with Crippen molar-refractivity contribution in [3.05, 3.63) is 0 Å². The average Bonchev–Trinajstić information content (AvgIpc) is 2.26. The summed E-state index contributed by atoms with van der Waals surface area (Å²) in [6, 6.07) is 0.600. The van der Waals surface area contributed by atoms with E-state index in [1.807, 2.05) is 7.11 Å². The van der Waals surface area contributed by atoms with Gasteiger partial charge in [0.05, 0.1) is 5.60 Å². The molecular weight excluding hydrogens is 210 g/mol. The van der Waals surface area contributed by atoms with Crippen LogP contribution >= 0.6 is 0 Å². The van der Waals surface area contributed by atoms with E-state index in [4.69, 9.17) is 4.74 Å². The molecule has 0 aromatic carbocycles. The minimum absolute atomic E-state index is 0.0115. The summed E-state index contributed by atoms with van der Waals surface area (Å²) in [6.07, 6.45) is 3.57. The van der Waals surface area contributed by atoms with E-state index in [1.165, 1.54) is 12.8 Å². The van der Waals surface area contributed by atoms with Gasteiger partial charge in [0.15, 0.2) is 0 Å². The lowest BCUT2D eigenvalue weighted by Crippen LogP contribution is -2.38. The maximum Gasteiger partial charge on any atom is 0.0622 e. The van der Waals surface area contributed by atoms with Crippen LogP contribution in [0, 0.1) is 11.8 Å².